The molecule has 1 rings (SSSR count). The maximum atomic E-state index is 13.0. The van der Waals surface area contributed by atoms with Gasteiger partial charge in [0.25, 0.3) is 5.91 Å². The normalized spacial score (nSPS) is 12.7. The summed E-state index contributed by atoms with van der Waals surface area (Å²) in [6, 6.07) is 3.20. The van der Waals surface area contributed by atoms with Crippen molar-refractivity contribution in [3.63, 3.8) is 0 Å². The molecular weight excluding hydrogens is 293 g/mol. The number of alkyl halides is 3. The Labute approximate surface area is 119 Å². The minimum absolute atomic E-state index is 0.0762. The lowest BCUT2D eigenvalue weighted by atomic mass is 10.1. The summed E-state index contributed by atoms with van der Waals surface area (Å²) in [4.78, 5) is 11.1. The lowest BCUT2D eigenvalue weighted by molar-refractivity contribution is -0.140. The summed E-state index contributed by atoms with van der Waals surface area (Å²) in [5, 5.41) is 2.29. The Balaban J connectivity index is 3.19. The number of amides is 1. The first-order valence-corrected chi connectivity index (χ1v) is 5.97. The number of nitrogens with two attached hydrogens (primary N) is 1. The molecule has 3 N–H and O–H groups in total. The Hall–Kier alpha value is -1.83. The second-order valence-electron chi connectivity index (χ2n) is 3.95. The molecular formula is C12H13F3N2O2S. The third-order valence-electron chi connectivity index (χ3n) is 2.49. The number of likely N-dealkylation sites (N-methyl/N-ethyl adjacent to an activating group) is 1. The van der Waals surface area contributed by atoms with Crippen LogP contribution in [0.1, 0.15) is 18.1 Å². The number of thiocarbonyl (C=S) groups is 1. The SMILES string of the molecule is CNC(=O)C(C)Oc1ccc(C(N)=S)cc1C(F)(F)F. The van der Waals surface area contributed by atoms with Crippen molar-refractivity contribution in [2.45, 2.75) is 19.2 Å². The molecule has 0 heterocycles. The van der Waals surface area contributed by atoms with Crippen LogP contribution >= 0.6 is 12.2 Å². The molecule has 1 aromatic rings. The molecule has 20 heavy (non-hydrogen) atoms. The number of carbonyl (C=O) groups is 1. The standard InChI is InChI=1S/C12H13F3N2O2S/c1-6(11(18)17-2)19-9-4-3-7(10(16)20)5-8(9)12(13,14)15/h3-6H,1-2H3,(H2,16,20)(H,17,18). The third-order valence-corrected chi connectivity index (χ3v) is 2.72. The average Bonchev–Trinajstić information content (AvgIpc) is 2.36. The van der Waals surface area contributed by atoms with Crippen LogP contribution in [0.4, 0.5) is 13.2 Å². The van der Waals surface area contributed by atoms with Crippen molar-refractivity contribution in [1.29, 1.82) is 0 Å². The van der Waals surface area contributed by atoms with E-state index in [0.29, 0.717) is 0 Å². The van der Waals surface area contributed by atoms with Gasteiger partial charge < -0.3 is 15.8 Å². The van der Waals surface area contributed by atoms with E-state index in [4.69, 9.17) is 10.5 Å². The number of benzene rings is 1. The summed E-state index contributed by atoms with van der Waals surface area (Å²) in [5.74, 6) is -0.981. The van der Waals surface area contributed by atoms with E-state index >= 15 is 0 Å². The average molecular weight is 306 g/mol. The Morgan fingerprint density at radius 1 is 1.45 bits per heavy atom. The molecule has 0 fully saturated rings. The van der Waals surface area contributed by atoms with Gasteiger partial charge in [-0.2, -0.15) is 13.2 Å². The van der Waals surface area contributed by atoms with Gasteiger partial charge in [0.2, 0.25) is 0 Å². The molecule has 4 nitrogen and oxygen atoms in total. The highest BCUT2D eigenvalue weighted by atomic mass is 32.1. The fourth-order valence-electron chi connectivity index (χ4n) is 1.45. The van der Waals surface area contributed by atoms with Gasteiger partial charge in [-0.15, -0.1) is 0 Å². The molecule has 0 aromatic heterocycles. The first-order valence-electron chi connectivity index (χ1n) is 5.56. The lowest BCUT2D eigenvalue weighted by Crippen LogP contribution is -2.34. The monoisotopic (exact) mass is 306 g/mol. The zero-order chi connectivity index (χ0) is 15.5. The van der Waals surface area contributed by atoms with Crippen LogP contribution in [0.5, 0.6) is 5.75 Å². The number of ether oxygens (including phenoxy) is 1. The Morgan fingerprint density at radius 2 is 2.05 bits per heavy atom. The zero-order valence-electron chi connectivity index (χ0n) is 10.7. The smallest absolute Gasteiger partial charge is 0.419 e. The van der Waals surface area contributed by atoms with Crippen molar-refractivity contribution >= 4 is 23.1 Å². The molecule has 1 atom stereocenters. The Morgan fingerprint density at radius 3 is 2.50 bits per heavy atom. The second-order valence-corrected chi connectivity index (χ2v) is 4.39. The largest absolute Gasteiger partial charge is 0.480 e. The molecule has 0 spiro atoms. The predicted molar refractivity (Wildman–Crippen MR) is 71.5 cm³/mol. The van der Waals surface area contributed by atoms with E-state index in [1.807, 2.05) is 0 Å². The molecule has 8 heteroatoms. The van der Waals surface area contributed by atoms with Crippen molar-refractivity contribution in [2.24, 2.45) is 5.73 Å². The van der Waals surface area contributed by atoms with Crippen molar-refractivity contribution in [1.82, 2.24) is 5.32 Å². The van der Waals surface area contributed by atoms with Crippen LogP contribution in [-0.2, 0) is 11.0 Å². The van der Waals surface area contributed by atoms with Crippen molar-refractivity contribution in [2.75, 3.05) is 7.05 Å². The van der Waals surface area contributed by atoms with E-state index in [2.05, 4.69) is 17.5 Å². The van der Waals surface area contributed by atoms with E-state index in [1.54, 1.807) is 0 Å². The first kappa shape index (κ1) is 16.2. The summed E-state index contributed by atoms with van der Waals surface area (Å²) in [5.41, 5.74) is 4.35. The number of halogens is 3. The zero-order valence-corrected chi connectivity index (χ0v) is 11.6. The maximum absolute atomic E-state index is 13.0. The molecule has 0 bridgehead atoms. The van der Waals surface area contributed by atoms with Gasteiger partial charge in [-0.25, -0.2) is 0 Å². The van der Waals surface area contributed by atoms with Gasteiger partial charge in [0.15, 0.2) is 6.10 Å². The fraction of sp³-hybridized carbons (Fsp3) is 0.333. The molecule has 0 radical (unpaired) electrons. The van der Waals surface area contributed by atoms with Crippen LogP contribution < -0.4 is 15.8 Å². The molecule has 1 aromatic carbocycles. The highest BCUT2D eigenvalue weighted by Crippen LogP contribution is 2.37. The number of carbonyl (C=O) groups excluding carboxylic acids is 1. The van der Waals surface area contributed by atoms with Gasteiger partial charge in [-0.05, 0) is 25.1 Å². The van der Waals surface area contributed by atoms with E-state index in [1.165, 1.54) is 20.0 Å². The van der Waals surface area contributed by atoms with Gasteiger partial charge in [-0.1, -0.05) is 12.2 Å². The van der Waals surface area contributed by atoms with Crippen molar-refractivity contribution < 1.29 is 22.7 Å². The van der Waals surface area contributed by atoms with Gasteiger partial charge in [0, 0.05) is 12.6 Å². The fourth-order valence-corrected chi connectivity index (χ4v) is 1.58. The number of hydrogen-bond donors (Lipinski definition) is 2. The highest BCUT2D eigenvalue weighted by molar-refractivity contribution is 7.80. The summed E-state index contributed by atoms with van der Waals surface area (Å²) in [7, 11) is 1.36. The predicted octanol–water partition coefficient (Wildman–Crippen LogP) is 1.85. The molecule has 0 aliphatic rings. The lowest BCUT2D eigenvalue weighted by Gasteiger charge is -2.18. The quantitative estimate of drug-likeness (QED) is 0.833. The first-order chi connectivity index (χ1) is 9.16. The van der Waals surface area contributed by atoms with Gasteiger partial charge in [0.05, 0.1) is 5.56 Å². The van der Waals surface area contributed by atoms with Gasteiger partial charge >= 0.3 is 6.18 Å². The minimum Gasteiger partial charge on any atom is -0.480 e. The second kappa shape index (κ2) is 6.08. The van der Waals surface area contributed by atoms with E-state index in [-0.39, 0.29) is 10.6 Å². The van der Waals surface area contributed by atoms with Crippen LogP contribution in [0.3, 0.4) is 0 Å². The van der Waals surface area contributed by atoms with Gasteiger partial charge in [-0.3, -0.25) is 4.79 Å². The van der Waals surface area contributed by atoms with Crippen molar-refractivity contribution in [3.05, 3.63) is 29.3 Å². The van der Waals surface area contributed by atoms with E-state index < -0.39 is 29.5 Å². The number of rotatable bonds is 4. The molecule has 0 saturated carbocycles. The topological polar surface area (TPSA) is 64.3 Å². The Kier molecular flexibility index (Phi) is 4.93. The molecule has 1 unspecified atom stereocenters. The maximum Gasteiger partial charge on any atom is 0.419 e. The molecule has 0 aliphatic heterocycles. The van der Waals surface area contributed by atoms with Crippen LogP contribution in [0.15, 0.2) is 18.2 Å². The van der Waals surface area contributed by atoms with E-state index in [0.717, 1.165) is 12.1 Å². The number of hydrogen-bond acceptors (Lipinski definition) is 3. The molecule has 110 valence electrons. The third kappa shape index (κ3) is 3.83. The van der Waals surface area contributed by atoms with Crippen LogP contribution in [0, 0.1) is 0 Å². The summed E-state index contributed by atoms with van der Waals surface area (Å²) < 4.78 is 43.9. The Bertz CT molecular complexity index is 532. The minimum atomic E-state index is -4.64. The summed E-state index contributed by atoms with van der Waals surface area (Å²) >= 11 is 4.64. The summed E-state index contributed by atoms with van der Waals surface area (Å²) in [6.07, 6.45) is -5.70. The number of nitrogens with one attached hydrogen (secondary N) is 1. The van der Waals surface area contributed by atoms with Crippen LogP contribution in [-0.4, -0.2) is 24.0 Å². The summed E-state index contributed by atoms with van der Waals surface area (Å²) in [6.45, 7) is 1.35. The highest BCUT2D eigenvalue weighted by Gasteiger charge is 2.35. The van der Waals surface area contributed by atoms with Crippen LogP contribution in [0.25, 0.3) is 0 Å². The molecule has 0 aliphatic carbocycles. The van der Waals surface area contributed by atoms with E-state index in [9.17, 15) is 18.0 Å². The van der Waals surface area contributed by atoms with Crippen LogP contribution in [0.2, 0.25) is 0 Å². The molecule has 1 amide bonds. The molecule has 0 saturated heterocycles. The van der Waals surface area contributed by atoms with Gasteiger partial charge in [0.1, 0.15) is 10.7 Å². The van der Waals surface area contributed by atoms with Crippen molar-refractivity contribution in [3.8, 4) is 5.75 Å².